The zero-order chi connectivity index (χ0) is 16.3. The maximum Gasteiger partial charge on any atom is 0.156 e. The second-order valence-corrected chi connectivity index (χ2v) is 10.6. The lowest BCUT2D eigenvalue weighted by molar-refractivity contribution is 0.126. The zero-order valence-electron chi connectivity index (χ0n) is 14.6. The smallest absolute Gasteiger partial charge is 0.156 e. The first-order chi connectivity index (χ1) is 9.56. The van der Waals surface area contributed by atoms with E-state index in [0.717, 1.165) is 25.9 Å². The summed E-state index contributed by atoms with van der Waals surface area (Å²) in [5.74, 6) is 0.933. The number of rotatable bonds is 6. The van der Waals surface area contributed by atoms with Crippen LogP contribution in [0.2, 0.25) is 0 Å². The molecule has 1 N–H and O–H groups in total. The Morgan fingerprint density at radius 2 is 1.90 bits per heavy atom. The number of nitrogens with zero attached hydrogens (tertiary/aromatic N) is 1. The number of nitrogens with one attached hydrogen (secondary N) is 1. The van der Waals surface area contributed by atoms with Gasteiger partial charge < -0.3 is 5.32 Å². The van der Waals surface area contributed by atoms with Crippen LogP contribution in [0.4, 0.5) is 0 Å². The summed E-state index contributed by atoms with van der Waals surface area (Å²) >= 11 is 0. The van der Waals surface area contributed by atoms with Gasteiger partial charge in [0.25, 0.3) is 0 Å². The van der Waals surface area contributed by atoms with E-state index in [2.05, 4.69) is 31.0 Å². The van der Waals surface area contributed by atoms with Crippen LogP contribution in [0.25, 0.3) is 0 Å². The van der Waals surface area contributed by atoms with Gasteiger partial charge >= 0.3 is 0 Å². The van der Waals surface area contributed by atoms with Crippen LogP contribution in [0.5, 0.6) is 0 Å². The second kappa shape index (κ2) is 7.42. The van der Waals surface area contributed by atoms with Crippen molar-refractivity contribution in [2.45, 2.75) is 71.2 Å². The summed E-state index contributed by atoms with van der Waals surface area (Å²) in [5, 5.41) is 3.62. The van der Waals surface area contributed by atoms with E-state index in [1.54, 1.807) is 20.8 Å². The van der Waals surface area contributed by atoms with Crippen molar-refractivity contribution in [2.75, 3.05) is 25.4 Å². The maximum atomic E-state index is 12.3. The predicted octanol–water partition coefficient (Wildman–Crippen LogP) is 2.30. The molecule has 2 atom stereocenters. The molecular weight excluding hydrogens is 284 g/mol. The Balaban J connectivity index is 2.64. The molecule has 21 heavy (non-hydrogen) atoms. The highest BCUT2D eigenvalue weighted by Crippen LogP contribution is 2.19. The van der Waals surface area contributed by atoms with Gasteiger partial charge in [-0.15, -0.1) is 0 Å². The Morgan fingerprint density at radius 1 is 1.29 bits per heavy atom. The average molecular weight is 319 g/mol. The lowest BCUT2D eigenvalue weighted by Gasteiger charge is -2.41. The topological polar surface area (TPSA) is 49.4 Å². The molecule has 2 unspecified atom stereocenters. The second-order valence-electron chi connectivity index (χ2n) is 7.72. The van der Waals surface area contributed by atoms with Crippen LogP contribution in [0, 0.1) is 5.92 Å². The molecule has 0 aliphatic carbocycles. The molecule has 0 radical (unpaired) electrons. The van der Waals surface area contributed by atoms with Gasteiger partial charge in [0.05, 0.1) is 10.5 Å². The average Bonchev–Trinajstić information content (AvgIpc) is 2.34. The molecule has 0 aromatic rings. The fourth-order valence-electron chi connectivity index (χ4n) is 2.88. The largest absolute Gasteiger partial charge is 0.311 e. The van der Waals surface area contributed by atoms with Crippen molar-refractivity contribution in [2.24, 2.45) is 5.92 Å². The van der Waals surface area contributed by atoms with Gasteiger partial charge in [-0.3, -0.25) is 4.90 Å². The lowest BCUT2D eigenvalue weighted by Crippen LogP contribution is -2.57. The quantitative estimate of drug-likeness (QED) is 0.816. The van der Waals surface area contributed by atoms with Crippen molar-refractivity contribution < 1.29 is 8.42 Å². The molecule has 0 amide bonds. The molecule has 1 rings (SSSR count). The molecule has 0 saturated carbocycles. The van der Waals surface area contributed by atoms with E-state index in [1.165, 1.54) is 0 Å². The van der Waals surface area contributed by atoms with Gasteiger partial charge in [-0.05, 0) is 39.5 Å². The van der Waals surface area contributed by atoms with Gasteiger partial charge in [-0.2, -0.15) is 0 Å². The number of sulfone groups is 1. The molecule has 0 bridgehead atoms. The summed E-state index contributed by atoms with van der Waals surface area (Å²) in [5.41, 5.74) is 0. The summed E-state index contributed by atoms with van der Waals surface area (Å²) in [6.07, 6.45) is 2.22. The van der Waals surface area contributed by atoms with Gasteiger partial charge in [0.2, 0.25) is 0 Å². The highest BCUT2D eigenvalue weighted by molar-refractivity contribution is 7.92. The third kappa shape index (κ3) is 5.53. The first kappa shape index (κ1) is 18.9. The van der Waals surface area contributed by atoms with Gasteiger partial charge in [-0.25, -0.2) is 8.42 Å². The van der Waals surface area contributed by atoms with E-state index in [9.17, 15) is 8.42 Å². The molecule has 0 spiro atoms. The first-order valence-electron chi connectivity index (χ1n) is 8.26. The molecule has 1 aliphatic rings. The van der Waals surface area contributed by atoms with Crippen molar-refractivity contribution in [1.82, 2.24) is 10.2 Å². The van der Waals surface area contributed by atoms with E-state index >= 15 is 0 Å². The molecule has 1 heterocycles. The zero-order valence-corrected chi connectivity index (χ0v) is 15.5. The normalized spacial score (nSPS) is 25.5. The molecule has 0 aromatic carbocycles. The van der Waals surface area contributed by atoms with Gasteiger partial charge in [0.15, 0.2) is 9.84 Å². The van der Waals surface area contributed by atoms with Gasteiger partial charge in [0.1, 0.15) is 0 Å². The van der Waals surface area contributed by atoms with Gasteiger partial charge in [0, 0.05) is 31.7 Å². The molecule has 4 nitrogen and oxygen atoms in total. The number of piperazine rings is 1. The monoisotopic (exact) mass is 318 g/mol. The van der Waals surface area contributed by atoms with E-state index < -0.39 is 14.6 Å². The minimum atomic E-state index is -3.03. The Kier molecular flexibility index (Phi) is 6.69. The lowest BCUT2D eigenvalue weighted by atomic mass is 9.99. The van der Waals surface area contributed by atoms with Crippen molar-refractivity contribution in [3.63, 3.8) is 0 Å². The summed E-state index contributed by atoms with van der Waals surface area (Å²) in [7, 11) is -3.03. The molecule has 5 heteroatoms. The van der Waals surface area contributed by atoms with E-state index in [1.807, 2.05) is 0 Å². The summed E-state index contributed by atoms with van der Waals surface area (Å²) in [6, 6.07) is 0.953. The van der Waals surface area contributed by atoms with Crippen molar-refractivity contribution in [3.05, 3.63) is 0 Å². The Hall–Kier alpha value is -0.130. The Bertz CT molecular complexity index is 412. The van der Waals surface area contributed by atoms with Gasteiger partial charge in [-0.1, -0.05) is 20.8 Å². The number of hydrogen-bond acceptors (Lipinski definition) is 4. The first-order valence-corrected chi connectivity index (χ1v) is 9.91. The van der Waals surface area contributed by atoms with Crippen molar-refractivity contribution >= 4 is 9.84 Å². The van der Waals surface area contributed by atoms with Crippen LogP contribution in [0.1, 0.15) is 54.4 Å². The minimum Gasteiger partial charge on any atom is -0.311 e. The minimum absolute atomic E-state index is 0.265. The van der Waals surface area contributed by atoms with Crippen LogP contribution in [-0.2, 0) is 9.84 Å². The van der Waals surface area contributed by atoms with Crippen LogP contribution in [0.3, 0.4) is 0 Å². The predicted molar refractivity (Wildman–Crippen MR) is 90.4 cm³/mol. The van der Waals surface area contributed by atoms with Crippen molar-refractivity contribution in [3.8, 4) is 0 Å². The Morgan fingerprint density at radius 3 is 2.38 bits per heavy atom. The molecule has 0 aromatic heterocycles. The molecule has 1 aliphatic heterocycles. The number of hydrogen-bond donors (Lipinski definition) is 1. The van der Waals surface area contributed by atoms with E-state index in [4.69, 9.17) is 0 Å². The third-order valence-electron chi connectivity index (χ3n) is 4.42. The highest BCUT2D eigenvalue weighted by atomic mass is 32.2. The molecule has 1 fully saturated rings. The van der Waals surface area contributed by atoms with Crippen molar-refractivity contribution in [1.29, 1.82) is 0 Å². The van der Waals surface area contributed by atoms with Crippen LogP contribution in [0.15, 0.2) is 0 Å². The summed E-state index contributed by atoms with van der Waals surface area (Å²) in [6.45, 7) is 14.6. The SMILES string of the molecule is CCC1CNC(CC(C)C)CN1CCS(=O)(=O)C(C)(C)C. The summed E-state index contributed by atoms with van der Waals surface area (Å²) < 4.78 is 24.0. The molecule has 126 valence electrons. The van der Waals surface area contributed by atoms with E-state index in [-0.39, 0.29) is 5.75 Å². The van der Waals surface area contributed by atoms with Crippen LogP contribution < -0.4 is 5.32 Å². The Labute approximate surface area is 131 Å². The molecular formula is C16H34N2O2S. The van der Waals surface area contributed by atoms with E-state index in [0.29, 0.717) is 24.5 Å². The fourth-order valence-corrected chi connectivity index (χ4v) is 3.96. The highest BCUT2D eigenvalue weighted by Gasteiger charge is 2.32. The summed E-state index contributed by atoms with van der Waals surface area (Å²) in [4.78, 5) is 2.38. The third-order valence-corrected chi connectivity index (χ3v) is 7.01. The fraction of sp³-hybridized carbons (Fsp3) is 1.00. The molecule has 1 saturated heterocycles. The maximum absolute atomic E-state index is 12.3. The van der Waals surface area contributed by atoms with Crippen LogP contribution >= 0.6 is 0 Å². The van der Waals surface area contributed by atoms with Crippen LogP contribution in [-0.4, -0.2) is 55.5 Å². The standard InChI is InChI=1S/C16H34N2O2S/c1-7-15-11-17-14(10-13(2)3)12-18(15)8-9-21(19,20)16(4,5)6/h13-15,17H,7-12H2,1-6H3.